The number of ether oxygens (including phenoxy) is 1. The van der Waals surface area contributed by atoms with Crippen LogP contribution in [-0.4, -0.2) is 12.5 Å². The van der Waals surface area contributed by atoms with Gasteiger partial charge in [-0.05, 0) is 46.5 Å². The van der Waals surface area contributed by atoms with Gasteiger partial charge >= 0.3 is 0 Å². The van der Waals surface area contributed by atoms with Gasteiger partial charge in [-0.1, -0.05) is 6.92 Å². The summed E-state index contributed by atoms with van der Waals surface area (Å²) < 4.78 is 18.8. The molecule has 0 aliphatic rings. The number of halogens is 2. The van der Waals surface area contributed by atoms with Crippen molar-refractivity contribution in [2.45, 2.75) is 19.8 Å². The summed E-state index contributed by atoms with van der Waals surface area (Å²) in [5.41, 5.74) is 5.06. The predicted molar refractivity (Wildman–Crippen MR) is 67.2 cm³/mol. The van der Waals surface area contributed by atoms with Crippen molar-refractivity contribution in [3.05, 3.63) is 28.5 Å². The molecule has 0 heterocycles. The molecule has 2 N–H and O–H groups in total. The molecule has 94 valence electrons. The molecule has 0 saturated heterocycles. The Hall–Kier alpha value is -1.10. The number of carbonyl (C=O) groups is 1. The molecule has 3 nitrogen and oxygen atoms in total. The van der Waals surface area contributed by atoms with Crippen molar-refractivity contribution >= 4 is 21.8 Å². The number of hydrogen-bond acceptors (Lipinski definition) is 2. The van der Waals surface area contributed by atoms with Gasteiger partial charge in [0.25, 0.3) is 0 Å². The lowest BCUT2D eigenvalue weighted by atomic mass is 10.1. The lowest BCUT2D eigenvalue weighted by molar-refractivity contribution is -0.118. The molecule has 0 aliphatic heterocycles. The van der Waals surface area contributed by atoms with Gasteiger partial charge in [0.15, 0.2) is 0 Å². The van der Waals surface area contributed by atoms with E-state index < -0.39 is 0 Å². The van der Waals surface area contributed by atoms with E-state index in [0.717, 1.165) is 0 Å². The number of nitrogens with two attached hydrogens (primary N) is 1. The Morgan fingerprint density at radius 1 is 1.59 bits per heavy atom. The Kier molecular flexibility index (Phi) is 5.41. The van der Waals surface area contributed by atoms with Crippen molar-refractivity contribution in [3.63, 3.8) is 0 Å². The molecule has 0 aliphatic carbocycles. The Labute approximate surface area is 108 Å². The highest BCUT2D eigenvalue weighted by atomic mass is 79.9. The quantitative estimate of drug-likeness (QED) is 0.878. The molecule has 1 aromatic carbocycles. The molecule has 0 aromatic heterocycles. The predicted octanol–water partition coefficient (Wildman–Crippen LogP) is 2.87. The zero-order valence-corrected chi connectivity index (χ0v) is 11.2. The molecule has 0 saturated carbocycles. The molecular formula is C12H15BrFNO2. The number of carbonyl (C=O) groups excluding carboxylic acids is 1. The van der Waals surface area contributed by atoms with Gasteiger partial charge in [-0.2, -0.15) is 0 Å². The fourth-order valence-electron chi connectivity index (χ4n) is 1.28. The second-order valence-corrected chi connectivity index (χ2v) is 4.85. The summed E-state index contributed by atoms with van der Waals surface area (Å²) in [6.45, 7) is 2.45. The minimum atomic E-state index is -0.320. The molecule has 17 heavy (non-hydrogen) atoms. The average molecular weight is 304 g/mol. The first-order valence-electron chi connectivity index (χ1n) is 5.35. The number of primary amides is 1. The first-order chi connectivity index (χ1) is 7.99. The Balaban J connectivity index is 2.39. The minimum absolute atomic E-state index is 0.228. The van der Waals surface area contributed by atoms with Gasteiger partial charge in [-0.3, -0.25) is 4.79 Å². The highest BCUT2D eigenvalue weighted by molar-refractivity contribution is 9.10. The Morgan fingerprint density at radius 2 is 2.29 bits per heavy atom. The van der Waals surface area contributed by atoms with E-state index in [9.17, 15) is 9.18 Å². The van der Waals surface area contributed by atoms with Crippen LogP contribution in [0.25, 0.3) is 0 Å². The third-order valence-corrected chi connectivity index (χ3v) is 2.92. The number of amides is 1. The van der Waals surface area contributed by atoms with Crippen molar-refractivity contribution in [3.8, 4) is 5.75 Å². The van der Waals surface area contributed by atoms with Gasteiger partial charge < -0.3 is 10.5 Å². The summed E-state index contributed by atoms with van der Waals surface area (Å²) in [5, 5.41) is 0. The number of hydrogen-bond donors (Lipinski definition) is 1. The molecule has 0 spiro atoms. The summed E-state index contributed by atoms with van der Waals surface area (Å²) in [4.78, 5) is 10.6. The third kappa shape index (κ3) is 5.17. The normalized spacial score (nSPS) is 12.2. The number of rotatable bonds is 6. The summed E-state index contributed by atoms with van der Waals surface area (Å²) in [5.74, 6) is 0.205. The SMILES string of the molecule is C[C@@H](CCC(N)=O)COc1ccc(F)c(Br)c1. The maximum Gasteiger partial charge on any atom is 0.217 e. The van der Waals surface area contributed by atoms with Gasteiger partial charge in [0.1, 0.15) is 11.6 Å². The molecule has 1 rings (SSSR count). The average Bonchev–Trinajstić information content (AvgIpc) is 2.28. The molecule has 5 heteroatoms. The smallest absolute Gasteiger partial charge is 0.217 e. The minimum Gasteiger partial charge on any atom is -0.493 e. The lowest BCUT2D eigenvalue weighted by Crippen LogP contribution is -2.15. The fraction of sp³-hybridized carbons (Fsp3) is 0.417. The van der Waals surface area contributed by atoms with Crippen LogP contribution in [0.15, 0.2) is 22.7 Å². The maximum absolute atomic E-state index is 13.0. The van der Waals surface area contributed by atoms with E-state index >= 15 is 0 Å². The molecule has 0 bridgehead atoms. The molecular weight excluding hydrogens is 289 g/mol. The van der Waals surface area contributed by atoms with Crippen LogP contribution >= 0.6 is 15.9 Å². The maximum atomic E-state index is 13.0. The molecule has 1 amide bonds. The van der Waals surface area contributed by atoms with Crippen molar-refractivity contribution in [2.24, 2.45) is 11.7 Å². The van der Waals surface area contributed by atoms with Crippen molar-refractivity contribution in [1.29, 1.82) is 0 Å². The van der Waals surface area contributed by atoms with Crippen LogP contribution in [0.4, 0.5) is 4.39 Å². The Bertz CT molecular complexity index is 398. The van der Waals surface area contributed by atoms with Crippen LogP contribution in [0.5, 0.6) is 5.75 Å². The van der Waals surface area contributed by atoms with Gasteiger partial charge in [-0.15, -0.1) is 0 Å². The van der Waals surface area contributed by atoms with Crippen LogP contribution in [0.1, 0.15) is 19.8 Å². The van der Waals surface area contributed by atoms with Crippen LogP contribution in [0, 0.1) is 11.7 Å². The van der Waals surface area contributed by atoms with Gasteiger partial charge in [0, 0.05) is 6.42 Å². The van der Waals surface area contributed by atoms with Gasteiger partial charge in [0.2, 0.25) is 5.91 Å². The van der Waals surface area contributed by atoms with E-state index in [1.807, 2.05) is 6.92 Å². The van der Waals surface area contributed by atoms with E-state index in [1.54, 1.807) is 12.1 Å². The van der Waals surface area contributed by atoms with Crippen LogP contribution in [0.3, 0.4) is 0 Å². The van der Waals surface area contributed by atoms with E-state index in [-0.39, 0.29) is 17.6 Å². The second-order valence-electron chi connectivity index (χ2n) is 4.00. The topological polar surface area (TPSA) is 52.3 Å². The lowest BCUT2D eigenvalue weighted by Gasteiger charge is -2.12. The van der Waals surface area contributed by atoms with E-state index in [0.29, 0.717) is 29.7 Å². The highest BCUT2D eigenvalue weighted by Gasteiger charge is 2.06. The number of benzene rings is 1. The fourth-order valence-corrected chi connectivity index (χ4v) is 1.63. The molecule has 0 fully saturated rings. The van der Waals surface area contributed by atoms with Crippen molar-refractivity contribution in [1.82, 2.24) is 0 Å². The first-order valence-corrected chi connectivity index (χ1v) is 6.14. The summed E-state index contributed by atoms with van der Waals surface area (Å²) >= 11 is 3.09. The van der Waals surface area contributed by atoms with E-state index in [2.05, 4.69) is 15.9 Å². The van der Waals surface area contributed by atoms with Crippen LogP contribution < -0.4 is 10.5 Å². The first kappa shape index (κ1) is 14.0. The summed E-state index contributed by atoms with van der Waals surface area (Å²) in [7, 11) is 0. The highest BCUT2D eigenvalue weighted by Crippen LogP contribution is 2.22. The largest absolute Gasteiger partial charge is 0.493 e. The zero-order chi connectivity index (χ0) is 12.8. The Morgan fingerprint density at radius 3 is 2.88 bits per heavy atom. The molecule has 0 radical (unpaired) electrons. The third-order valence-electron chi connectivity index (χ3n) is 2.31. The summed E-state index contributed by atoms with van der Waals surface area (Å²) in [6, 6.07) is 4.49. The van der Waals surface area contributed by atoms with Crippen molar-refractivity contribution < 1.29 is 13.9 Å². The monoisotopic (exact) mass is 303 g/mol. The molecule has 0 unspecified atom stereocenters. The van der Waals surface area contributed by atoms with Gasteiger partial charge in [0.05, 0.1) is 11.1 Å². The standard InChI is InChI=1S/C12H15BrFNO2/c1-8(2-5-12(15)16)7-17-9-3-4-11(14)10(13)6-9/h3-4,6,8H,2,5,7H2,1H3,(H2,15,16)/t8-/m0/s1. The second kappa shape index (κ2) is 6.59. The van der Waals surface area contributed by atoms with Gasteiger partial charge in [-0.25, -0.2) is 4.39 Å². The van der Waals surface area contributed by atoms with E-state index in [1.165, 1.54) is 6.07 Å². The van der Waals surface area contributed by atoms with Crippen LogP contribution in [0.2, 0.25) is 0 Å². The van der Waals surface area contributed by atoms with Crippen molar-refractivity contribution in [2.75, 3.05) is 6.61 Å². The summed E-state index contributed by atoms with van der Waals surface area (Å²) in [6.07, 6.45) is 1.05. The van der Waals surface area contributed by atoms with Crippen LogP contribution in [-0.2, 0) is 4.79 Å². The van der Waals surface area contributed by atoms with E-state index in [4.69, 9.17) is 10.5 Å². The molecule has 1 aromatic rings. The zero-order valence-electron chi connectivity index (χ0n) is 9.58. The molecule has 1 atom stereocenters.